The second-order valence-electron chi connectivity index (χ2n) is 13.0. The van der Waals surface area contributed by atoms with Crippen LogP contribution in [0.25, 0.3) is 10.1 Å². The summed E-state index contributed by atoms with van der Waals surface area (Å²) in [5.41, 5.74) is 3.21. The molecular formula is C34H36F3N5O4S3. The van der Waals surface area contributed by atoms with Gasteiger partial charge in [-0.1, -0.05) is 35.6 Å². The third-order valence-electron chi connectivity index (χ3n) is 9.81. The van der Waals surface area contributed by atoms with Gasteiger partial charge in [-0.3, -0.25) is 19.8 Å². The summed E-state index contributed by atoms with van der Waals surface area (Å²) in [6.07, 6.45) is 0.176. The lowest BCUT2D eigenvalue weighted by Crippen LogP contribution is -2.42. The summed E-state index contributed by atoms with van der Waals surface area (Å²) in [5.74, 6) is -0.306. The molecule has 9 nitrogen and oxygen atoms in total. The van der Waals surface area contributed by atoms with Crippen molar-refractivity contribution in [2.24, 2.45) is 0 Å². The van der Waals surface area contributed by atoms with Gasteiger partial charge in [-0.25, -0.2) is 13.4 Å². The molecule has 2 aromatic heterocycles. The summed E-state index contributed by atoms with van der Waals surface area (Å²) in [7, 11) is -3.72. The maximum Gasteiger partial charge on any atom is 0.427 e. The zero-order valence-electron chi connectivity index (χ0n) is 26.5. The molecule has 0 spiro atoms. The zero-order chi connectivity index (χ0) is 34.3. The molecule has 1 unspecified atom stereocenters. The molecule has 0 saturated carbocycles. The van der Waals surface area contributed by atoms with E-state index >= 15 is 0 Å². The Bertz CT molecular complexity index is 1960. The molecule has 2 aromatic carbocycles. The number of carbonyl (C=O) groups is 2. The van der Waals surface area contributed by atoms with E-state index in [1.807, 2.05) is 11.4 Å². The predicted molar refractivity (Wildman–Crippen MR) is 183 cm³/mol. The van der Waals surface area contributed by atoms with Gasteiger partial charge in [0.1, 0.15) is 4.88 Å². The molecule has 3 saturated heterocycles. The number of thiophene rings is 1. The lowest BCUT2D eigenvalue weighted by Gasteiger charge is -2.33. The van der Waals surface area contributed by atoms with E-state index in [0.717, 1.165) is 53.3 Å². The number of sulfonamides is 1. The van der Waals surface area contributed by atoms with Crippen LogP contribution in [0.3, 0.4) is 0 Å². The second-order valence-corrected chi connectivity index (χ2v) is 16.9. The topological polar surface area (TPSA) is 112 Å². The van der Waals surface area contributed by atoms with E-state index in [-0.39, 0.29) is 46.9 Å². The molecule has 0 radical (unpaired) electrons. The Morgan fingerprint density at radius 1 is 0.980 bits per heavy atom. The molecule has 49 heavy (non-hydrogen) atoms. The quantitative estimate of drug-likeness (QED) is 0.198. The first-order chi connectivity index (χ1) is 23.4. The van der Waals surface area contributed by atoms with Crippen molar-refractivity contribution in [3.05, 3.63) is 75.6 Å². The van der Waals surface area contributed by atoms with Gasteiger partial charge >= 0.3 is 6.18 Å². The molecule has 260 valence electrons. The van der Waals surface area contributed by atoms with Crippen LogP contribution in [0.5, 0.6) is 0 Å². The van der Waals surface area contributed by atoms with Crippen molar-refractivity contribution in [3.8, 4) is 0 Å². The number of carbonyl (C=O) groups excluding carboxylic acids is 2. The number of fused-ring (bicyclic) bond motifs is 1. The lowest BCUT2D eigenvalue weighted by molar-refractivity contribution is -0.135. The number of nitrogens with one attached hydrogen (secondary N) is 2. The van der Waals surface area contributed by atoms with Crippen molar-refractivity contribution in [2.45, 2.75) is 74.0 Å². The van der Waals surface area contributed by atoms with E-state index in [9.17, 15) is 31.2 Å². The van der Waals surface area contributed by atoms with Crippen molar-refractivity contribution >= 4 is 59.7 Å². The zero-order valence-corrected chi connectivity index (χ0v) is 29.0. The second kappa shape index (κ2) is 13.7. The Hall–Kier alpha value is -3.37. The van der Waals surface area contributed by atoms with Gasteiger partial charge in [-0.05, 0) is 96.8 Å². The summed E-state index contributed by atoms with van der Waals surface area (Å²) in [6.45, 7) is 2.95. The molecule has 3 aliphatic heterocycles. The SMILES string of the molecule is O=C1CCC(c2csc3cc(C4CCN(Cc5cccc(S(=O)(=O)N6CCC(Nc7ncc(C(F)(F)F)s7)CC6)c5)CC4)ccc23)C(=O)N1. The minimum atomic E-state index is -4.44. The number of likely N-dealkylation sites (tertiary alicyclic amines) is 1. The number of anilines is 1. The first kappa shape index (κ1) is 34.1. The highest BCUT2D eigenvalue weighted by Crippen LogP contribution is 2.39. The van der Waals surface area contributed by atoms with Crippen molar-refractivity contribution in [3.63, 3.8) is 0 Å². The van der Waals surface area contributed by atoms with Crippen molar-refractivity contribution < 1.29 is 31.2 Å². The maximum atomic E-state index is 13.5. The van der Waals surface area contributed by atoms with Crippen LogP contribution in [0.1, 0.15) is 71.9 Å². The highest BCUT2D eigenvalue weighted by Gasteiger charge is 2.35. The van der Waals surface area contributed by atoms with E-state index in [4.69, 9.17) is 0 Å². The van der Waals surface area contributed by atoms with Crippen LogP contribution >= 0.6 is 22.7 Å². The Kier molecular flexibility index (Phi) is 9.56. The highest BCUT2D eigenvalue weighted by atomic mass is 32.2. The molecule has 2 N–H and O–H groups in total. The largest absolute Gasteiger partial charge is 0.427 e. The fraction of sp³-hybridized carbons (Fsp3) is 0.441. The molecule has 7 rings (SSSR count). The van der Waals surface area contributed by atoms with Crippen molar-refractivity contribution in [1.29, 1.82) is 0 Å². The smallest absolute Gasteiger partial charge is 0.359 e. The number of thiazole rings is 1. The maximum absolute atomic E-state index is 13.5. The summed E-state index contributed by atoms with van der Waals surface area (Å²) in [5, 5.41) is 8.82. The number of amides is 2. The minimum absolute atomic E-state index is 0.157. The summed E-state index contributed by atoms with van der Waals surface area (Å²) >= 11 is 2.19. The Labute approximate surface area is 290 Å². The number of halogens is 3. The average Bonchev–Trinajstić information content (AvgIpc) is 3.73. The molecular weight excluding hydrogens is 696 g/mol. The van der Waals surface area contributed by atoms with Crippen LogP contribution in [0, 0.1) is 0 Å². The minimum Gasteiger partial charge on any atom is -0.359 e. The van der Waals surface area contributed by atoms with Crippen LogP contribution in [0.2, 0.25) is 0 Å². The number of hydrogen-bond acceptors (Lipinski definition) is 9. The lowest BCUT2D eigenvalue weighted by atomic mass is 9.87. The number of hydrogen-bond donors (Lipinski definition) is 2. The number of imide groups is 1. The van der Waals surface area contributed by atoms with E-state index in [1.54, 1.807) is 29.5 Å². The standard InChI is InChI=1S/C34H36F3N5O4S3/c35-34(36,37)30-18-38-33(48-30)39-24-10-14-42(15-11-24)49(45,46)25-3-1-2-21(16-25)19-41-12-8-22(9-13-41)23-4-5-26-28(20-47-29(26)17-23)27-6-7-31(43)40-32(27)44/h1-5,16-18,20,22,24,27H,6-15,19H2,(H,38,39)(H,40,43,44). The number of aromatic nitrogens is 1. The molecule has 4 aromatic rings. The normalized spacial score (nSPS) is 20.9. The Morgan fingerprint density at radius 2 is 1.76 bits per heavy atom. The monoisotopic (exact) mass is 731 g/mol. The highest BCUT2D eigenvalue weighted by molar-refractivity contribution is 7.89. The van der Waals surface area contributed by atoms with Gasteiger partial charge in [0.25, 0.3) is 0 Å². The van der Waals surface area contributed by atoms with Crippen LogP contribution in [0.15, 0.2) is 58.9 Å². The van der Waals surface area contributed by atoms with Gasteiger partial charge in [0, 0.05) is 36.8 Å². The first-order valence-electron chi connectivity index (χ1n) is 16.4. The fourth-order valence-electron chi connectivity index (χ4n) is 7.10. The van der Waals surface area contributed by atoms with Crippen molar-refractivity contribution in [1.82, 2.24) is 19.5 Å². The Morgan fingerprint density at radius 3 is 2.47 bits per heavy atom. The molecule has 5 heterocycles. The molecule has 15 heteroatoms. The summed E-state index contributed by atoms with van der Waals surface area (Å²) in [4.78, 5) is 29.7. The molecule has 3 fully saturated rings. The van der Waals surface area contributed by atoms with Crippen LogP contribution in [-0.4, -0.2) is 66.6 Å². The molecule has 3 aliphatic rings. The first-order valence-corrected chi connectivity index (χ1v) is 19.5. The van der Waals surface area contributed by atoms with Crippen molar-refractivity contribution in [2.75, 3.05) is 31.5 Å². The summed E-state index contributed by atoms with van der Waals surface area (Å²) < 4.78 is 68.5. The number of rotatable bonds is 8. The van der Waals surface area contributed by atoms with Gasteiger partial charge in [-0.2, -0.15) is 17.5 Å². The number of benzene rings is 2. The summed E-state index contributed by atoms with van der Waals surface area (Å²) in [6, 6.07) is 13.5. The van der Waals surface area contributed by atoms with Gasteiger partial charge in [0.15, 0.2) is 5.13 Å². The van der Waals surface area contributed by atoms with E-state index in [1.165, 1.54) is 9.87 Å². The number of nitrogens with zero attached hydrogens (tertiary/aromatic N) is 3. The van der Waals surface area contributed by atoms with Gasteiger partial charge in [0.2, 0.25) is 21.8 Å². The number of alkyl halides is 3. The molecule has 0 bridgehead atoms. The molecule has 2 amide bonds. The van der Waals surface area contributed by atoms with Crippen LogP contribution < -0.4 is 10.6 Å². The van der Waals surface area contributed by atoms with E-state index in [2.05, 4.69) is 38.7 Å². The van der Waals surface area contributed by atoms with E-state index in [0.29, 0.717) is 49.5 Å². The van der Waals surface area contributed by atoms with Gasteiger partial charge in [0.05, 0.1) is 17.0 Å². The van der Waals surface area contributed by atoms with E-state index < -0.39 is 21.1 Å². The van der Waals surface area contributed by atoms with Crippen LogP contribution in [0.4, 0.5) is 18.3 Å². The third-order valence-corrected chi connectivity index (χ3v) is 13.6. The van der Waals surface area contributed by atoms with Crippen LogP contribution in [-0.2, 0) is 32.3 Å². The predicted octanol–water partition coefficient (Wildman–Crippen LogP) is 6.54. The molecule has 1 atom stereocenters. The molecule has 0 aliphatic carbocycles. The Balaban J connectivity index is 0.923. The average molecular weight is 732 g/mol. The van der Waals surface area contributed by atoms with Gasteiger partial charge in [-0.15, -0.1) is 11.3 Å². The fourth-order valence-corrected chi connectivity index (χ4v) is 10.5. The third kappa shape index (κ3) is 7.41. The van der Waals surface area contributed by atoms with Gasteiger partial charge < -0.3 is 5.32 Å². The number of piperidine rings is 3.